The lowest BCUT2D eigenvalue weighted by Crippen LogP contribution is -1.88. The first-order chi connectivity index (χ1) is 6.66. The molecule has 14 heavy (non-hydrogen) atoms. The van der Waals surface area contributed by atoms with E-state index in [2.05, 4.69) is 0 Å². The number of benzene rings is 1. The third-order valence-electron chi connectivity index (χ3n) is 1.86. The number of rotatable bonds is 1. The van der Waals surface area contributed by atoms with E-state index in [1.807, 2.05) is 0 Å². The molecule has 0 fully saturated rings. The van der Waals surface area contributed by atoms with Crippen LogP contribution in [-0.2, 0) is 0 Å². The molecule has 0 bridgehead atoms. The van der Waals surface area contributed by atoms with Gasteiger partial charge in [0.05, 0.1) is 0 Å². The van der Waals surface area contributed by atoms with Gasteiger partial charge in [-0.15, -0.1) is 0 Å². The number of nitrogens with zero attached hydrogens (tertiary/aromatic N) is 1. The second-order valence-corrected chi connectivity index (χ2v) is 2.88. The van der Waals surface area contributed by atoms with Crippen molar-refractivity contribution in [2.45, 2.75) is 0 Å². The number of hydrogen-bond donors (Lipinski definition) is 1. The molecular formula is C10H7F2NO. The highest BCUT2D eigenvalue weighted by atomic mass is 19.2. The second kappa shape index (κ2) is 3.14. The van der Waals surface area contributed by atoms with Crippen LogP contribution in [-0.4, -0.2) is 9.67 Å². The summed E-state index contributed by atoms with van der Waals surface area (Å²) in [4.78, 5) is 0. The van der Waals surface area contributed by atoms with Gasteiger partial charge in [0.25, 0.3) is 0 Å². The maximum atomic E-state index is 12.7. The second-order valence-electron chi connectivity index (χ2n) is 2.88. The monoisotopic (exact) mass is 195 g/mol. The van der Waals surface area contributed by atoms with E-state index in [0.29, 0.717) is 5.69 Å². The molecule has 2 aromatic rings. The Morgan fingerprint density at radius 2 is 1.71 bits per heavy atom. The Morgan fingerprint density at radius 3 is 2.29 bits per heavy atom. The van der Waals surface area contributed by atoms with Gasteiger partial charge < -0.3 is 9.67 Å². The number of aromatic nitrogens is 1. The summed E-state index contributed by atoms with van der Waals surface area (Å²) >= 11 is 0. The van der Waals surface area contributed by atoms with Gasteiger partial charge in [-0.05, 0) is 12.1 Å². The first-order valence-electron chi connectivity index (χ1n) is 3.99. The molecule has 0 unspecified atom stereocenters. The van der Waals surface area contributed by atoms with Crippen molar-refractivity contribution in [1.82, 2.24) is 4.57 Å². The summed E-state index contributed by atoms with van der Waals surface area (Å²) in [5.41, 5.74) is 0.507. The standard InChI is InChI=1S/C10H7F2NO/c11-9-5-13(6-10(9)12)7-2-1-3-8(14)4-7/h1-6,14H. The molecule has 2 rings (SSSR count). The third-order valence-corrected chi connectivity index (χ3v) is 1.86. The number of hydrogen-bond acceptors (Lipinski definition) is 1. The molecule has 0 atom stereocenters. The minimum Gasteiger partial charge on any atom is -0.508 e. The summed E-state index contributed by atoms with van der Waals surface area (Å²) in [6.07, 6.45) is 2.04. The van der Waals surface area contributed by atoms with Crippen LogP contribution in [0.3, 0.4) is 0 Å². The van der Waals surface area contributed by atoms with E-state index in [1.54, 1.807) is 12.1 Å². The smallest absolute Gasteiger partial charge is 0.176 e. The van der Waals surface area contributed by atoms with Crippen LogP contribution in [0.1, 0.15) is 0 Å². The Balaban J connectivity index is 2.49. The van der Waals surface area contributed by atoms with Crippen LogP contribution < -0.4 is 0 Å². The van der Waals surface area contributed by atoms with Crippen molar-refractivity contribution in [1.29, 1.82) is 0 Å². The van der Waals surface area contributed by atoms with E-state index in [0.717, 1.165) is 12.4 Å². The lowest BCUT2D eigenvalue weighted by Gasteiger charge is -2.01. The van der Waals surface area contributed by atoms with Crippen LogP contribution in [0.2, 0.25) is 0 Å². The zero-order chi connectivity index (χ0) is 10.1. The summed E-state index contributed by atoms with van der Waals surface area (Å²) in [6, 6.07) is 6.14. The molecule has 0 spiro atoms. The average molecular weight is 195 g/mol. The largest absolute Gasteiger partial charge is 0.508 e. The summed E-state index contributed by atoms with van der Waals surface area (Å²) in [7, 11) is 0. The summed E-state index contributed by atoms with van der Waals surface area (Å²) in [5.74, 6) is -1.77. The lowest BCUT2D eigenvalue weighted by atomic mass is 10.3. The fourth-order valence-corrected chi connectivity index (χ4v) is 1.21. The van der Waals surface area contributed by atoms with Gasteiger partial charge in [0.15, 0.2) is 11.6 Å². The Kier molecular flexibility index (Phi) is 1.96. The van der Waals surface area contributed by atoms with Gasteiger partial charge in [0, 0.05) is 24.1 Å². The fraction of sp³-hybridized carbons (Fsp3) is 0. The molecule has 2 nitrogen and oxygen atoms in total. The van der Waals surface area contributed by atoms with Gasteiger partial charge in [-0.3, -0.25) is 0 Å². The van der Waals surface area contributed by atoms with Crippen LogP contribution in [0, 0.1) is 11.6 Å². The van der Waals surface area contributed by atoms with Gasteiger partial charge in [0.1, 0.15) is 5.75 Å². The molecule has 0 aliphatic carbocycles. The van der Waals surface area contributed by atoms with Crippen LogP contribution in [0.25, 0.3) is 5.69 Å². The zero-order valence-corrected chi connectivity index (χ0v) is 7.11. The van der Waals surface area contributed by atoms with E-state index in [1.165, 1.54) is 16.7 Å². The minimum absolute atomic E-state index is 0.0528. The topological polar surface area (TPSA) is 25.2 Å². The van der Waals surface area contributed by atoms with Crippen LogP contribution in [0.15, 0.2) is 36.7 Å². The number of phenolic OH excluding ortho intramolecular Hbond substituents is 1. The van der Waals surface area contributed by atoms with Crippen LogP contribution in [0.4, 0.5) is 8.78 Å². The van der Waals surface area contributed by atoms with Crippen molar-refractivity contribution in [2.24, 2.45) is 0 Å². The maximum Gasteiger partial charge on any atom is 0.176 e. The quantitative estimate of drug-likeness (QED) is 0.742. The summed E-state index contributed by atoms with van der Waals surface area (Å²) in [5, 5.41) is 9.15. The third kappa shape index (κ3) is 1.46. The average Bonchev–Trinajstić information content (AvgIpc) is 2.47. The van der Waals surface area contributed by atoms with Crippen LogP contribution in [0.5, 0.6) is 5.75 Å². The van der Waals surface area contributed by atoms with Gasteiger partial charge in [-0.25, -0.2) is 8.78 Å². The van der Waals surface area contributed by atoms with Crippen molar-refractivity contribution in [3.8, 4) is 11.4 Å². The van der Waals surface area contributed by atoms with Gasteiger partial charge >= 0.3 is 0 Å². The molecule has 0 aliphatic heterocycles. The van der Waals surface area contributed by atoms with E-state index >= 15 is 0 Å². The SMILES string of the molecule is Oc1cccc(-n2cc(F)c(F)c2)c1. The Morgan fingerprint density at radius 1 is 1.07 bits per heavy atom. The van der Waals surface area contributed by atoms with Gasteiger partial charge in [0.2, 0.25) is 0 Å². The first-order valence-corrected chi connectivity index (χ1v) is 3.99. The predicted octanol–water partition coefficient (Wildman–Crippen LogP) is 2.46. The van der Waals surface area contributed by atoms with Crippen molar-refractivity contribution in [3.63, 3.8) is 0 Å². The molecule has 1 aromatic heterocycles. The summed E-state index contributed by atoms with van der Waals surface area (Å²) < 4.78 is 26.6. The highest BCUT2D eigenvalue weighted by Gasteiger charge is 2.06. The van der Waals surface area contributed by atoms with E-state index < -0.39 is 11.6 Å². The van der Waals surface area contributed by atoms with Crippen molar-refractivity contribution in [3.05, 3.63) is 48.3 Å². The highest BCUT2D eigenvalue weighted by molar-refractivity contribution is 5.39. The predicted molar refractivity (Wildman–Crippen MR) is 47.3 cm³/mol. The Bertz CT molecular complexity index is 445. The molecular weight excluding hydrogens is 188 g/mol. The fourth-order valence-electron chi connectivity index (χ4n) is 1.21. The van der Waals surface area contributed by atoms with Crippen LogP contribution >= 0.6 is 0 Å². The molecule has 0 aliphatic rings. The molecule has 0 radical (unpaired) electrons. The zero-order valence-electron chi connectivity index (χ0n) is 7.11. The van der Waals surface area contributed by atoms with E-state index in [4.69, 9.17) is 5.11 Å². The van der Waals surface area contributed by atoms with Crippen molar-refractivity contribution in [2.75, 3.05) is 0 Å². The Hall–Kier alpha value is -1.84. The Labute approximate surface area is 79.0 Å². The molecule has 1 heterocycles. The number of aromatic hydroxyl groups is 1. The normalized spacial score (nSPS) is 10.4. The lowest BCUT2D eigenvalue weighted by molar-refractivity contribution is 0.475. The molecule has 0 saturated heterocycles. The number of halogens is 2. The first kappa shape index (κ1) is 8.74. The van der Waals surface area contributed by atoms with E-state index in [-0.39, 0.29) is 5.75 Å². The molecule has 1 aromatic carbocycles. The molecule has 72 valence electrons. The van der Waals surface area contributed by atoms with E-state index in [9.17, 15) is 8.78 Å². The maximum absolute atomic E-state index is 12.7. The van der Waals surface area contributed by atoms with Gasteiger partial charge in [-0.2, -0.15) is 0 Å². The molecule has 1 N–H and O–H groups in total. The minimum atomic E-state index is -0.909. The van der Waals surface area contributed by atoms with Crippen molar-refractivity contribution < 1.29 is 13.9 Å². The molecule has 0 amide bonds. The summed E-state index contributed by atoms with van der Waals surface area (Å²) in [6.45, 7) is 0. The number of phenols is 1. The highest BCUT2D eigenvalue weighted by Crippen LogP contribution is 2.17. The molecule has 0 saturated carbocycles. The van der Waals surface area contributed by atoms with Gasteiger partial charge in [-0.1, -0.05) is 6.07 Å². The van der Waals surface area contributed by atoms with Crippen molar-refractivity contribution >= 4 is 0 Å². The molecule has 4 heteroatoms.